The van der Waals surface area contributed by atoms with Gasteiger partial charge in [-0.2, -0.15) is 0 Å². The van der Waals surface area contributed by atoms with Crippen molar-refractivity contribution >= 4 is 23.3 Å². The third kappa shape index (κ3) is 1.53. The lowest BCUT2D eigenvalue weighted by molar-refractivity contribution is 1.30. The predicted octanol–water partition coefficient (Wildman–Crippen LogP) is 3.29. The van der Waals surface area contributed by atoms with Crippen LogP contribution in [0.5, 0.6) is 0 Å². The molecule has 0 atom stereocenters. The molecule has 0 spiro atoms. The van der Waals surface area contributed by atoms with Crippen LogP contribution in [0, 0.1) is 4.77 Å². The van der Waals surface area contributed by atoms with Gasteiger partial charge in [-0.1, -0.05) is 6.07 Å². The van der Waals surface area contributed by atoms with E-state index in [1.54, 1.807) is 12.4 Å². The molecule has 78 valence electrons. The van der Waals surface area contributed by atoms with Crippen LogP contribution in [0.1, 0.15) is 0 Å². The average Bonchev–Trinajstić information content (AvgIpc) is 2.69. The zero-order valence-corrected chi connectivity index (χ0v) is 9.21. The van der Waals surface area contributed by atoms with Crippen LogP contribution in [-0.2, 0) is 0 Å². The molecule has 2 N–H and O–H groups in total. The molecule has 0 saturated heterocycles. The number of fused-ring (bicyclic) bond motifs is 1. The molecule has 0 unspecified atom stereocenters. The van der Waals surface area contributed by atoms with Crippen molar-refractivity contribution in [3.63, 3.8) is 0 Å². The summed E-state index contributed by atoms with van der Waals surface area (Å²) in [6, 6.07) is 10.1. The summed E-state index contributed by atoms with van der Waals surface area (Å²) >= 11 is 5.05. The van der Waals surface area contributed by atoms with Gasteiger partial charge in [0.15, 0.2) is 4.77 Å². The van der Waals surface area contributed by atoms with E-state index in [1.807, 2.05) is 18.2 Å². The number of aromatic amines is 2. The molecule has 4 heteroatoms. The maximum atomic E-state index is 5.05. The number of pyridine rings is 1. The number of rotatable bonds is 1. The van der Waals surface area contributed by atoms with Crippen molar-refractivity contribution in [2.75, 3.05) is 0 Å². The highest BCUT2D eigenvalue weighted by Gasteiger charge is 2.00. The van der Waals surface area contributed by atoms with Gasteiger partial charge in [0, 0.05) is 12.4 Å². The third-order valence-electron chi connectivity index (χ3n) is 2.53. The van der Waals surface area contributed by atoms with E-state index >= 15 is 0 Å². The van der Waals surface area contributed by atoms with Gasteiger partial charge >= 0.3 is 0 Å². The number of nitrogens with zero attached hydrogens (tertiary/aromatic N) is 1. The van der Waals surface area contributed by atoms with Crippen LogP contribution in [-0.4, -0.2) is 15.0 Å². The van der Waals surface area contributed by atoms with Crippen molar-refractivity contribution in [1.29, 1.82) is 0 Å². The van der Waals surface area contributed by atoms with Crippen LogP contribution in [0.25, 0.3) is 22.2 Å². The van der Waals surface area contributed by atoms with Gasteiger partial charge in [0.1, 0.15) is 0 Å². The number of benzene rings is 1. The van der Waals surface area contributed by atoms with Gasteiger partial charge in [-0.15, -0.1) is 0 Å². The first kappa shape index (κ1) is 9.30. The molecule has 0 fully saturated rings. The Morgan fingerprint density at radius 1 is 0.875 bits per heavy atom. The van der Waals surface area contributed by atoms with Gasteiger partial charge in [0.25, 0.3) is 0 Å². The predicted molar refractivity (Wildman–Crippen MR) is 66.7 cm³/mol. The molecule has 0 saturated carbocycles. The molecular weight excluding hydrogens is 218 g/mol. The molecule has 2 aromatic heterocycles. The van der Waals surface area contributed by atoms with Crippen LogP contribution >= 0.6 is 12.2 Å². The molecule has 3 nitrogen and oxygen atoms in total. The Kier molecular flexibility index (Phi) is 2.08. The van der Waals surface area contributed by atoms with E-state index in [2.05, 4.69) is 27.1 Å². The molecule has 0 radical (unpaired) electrons. The zero-order valence-electron chi connectivity index (χ0n) is 8.40. The van der Waals surface area contributed by atoms with E-state index in [9.17, 15) is 0 Å². The van der Waals surface area contributed by atoms with Crippen LogP contribution < -0.4 is 0 Å². The lowest BCUT2D eigenvalue weighted by Crippen LogP contribution is -1.78. The minimum atomic E-state index is 0.655. The maximum absolute atomic E-state index is 5.05. The summed E-state index contributed by atoms with van der Waals surface area (Å²) in [5, 5.41) is 0. The Morgan fingerprint density at radius 2 is 1.62 bits per heavy atom. The second kappa shape index (κ2) is 3.57. The van der Waals surface area contributed by atoms with Crippen LogP contribution in [0.15, 0.2) is 42.7 Å². The summed E-state index contributed by atoms with van der Waals surface area (Å²) < 4.78 is 0.655. The quantitative estimate of drug-likeness (QED) is 0.626. The second-order valence-corrected chi connectivity index (χ2v) is 3.98. The SMILES string of the molecule is S=c1[nH]c2ccc(-c3ccncc3)cc2[nH]1. The normalized spacial score (nSPS) is 10.8. The van der Waals surface area contributed by atoms with Crippen molar-refractivity contribution < 1.29 is 0 Å². The van der Waals surface area contributed by atoms with E-state index in [-0.39, 0.29) is 0 Å². The zero-order chi connectivity index (χ0) is 11.0. The van der Waals surface area contributed by atoms with Gasteiger partial charge in [-0.25, -0.2) is 0 Å². The Morgan fingerprint density at radius 3 is 2.44 bits per heavy atom. The first-order valence-electron chi connectivity index (χ1n) is 4.95. The van der Waals surface area contributed by atoms with E-state index in [4.69, 9.17) is 12.2 Å². The molecule has 2 heterocycles. The average molecular weight is 227 g/mol. The minimum absolute atomic E-state index is 0.655. The Hall–Kier alpha value is -1.94. The van der Waals surface area contributed by atoms with Gasteiger partial charge in [0.05, 0.1) is 11.0 Å². The van der Waals surface area contributed by atoms with Gasteiger partial charge < -0.3 is 9.97 Å². The van der Waals surface area contributed by atoms with Crippen LogP contribution in [0.4, 0.5) is 0 Å². The van der Waals surface area contributed by atoms with E-state index < -0.39 is 0 Å². The summed E-state index contributed by atoms with van der Waals surface area (Å²) in [6.07, 6.45) is 3.58. The minimum Gasteiger partial charge on any atom is -0.331 e. The summed E-state index contributed by atoms with van der Waals surface area (Å²) in [5.41, 5.74) is 4.36. The number of nitrogens with one attached hydrogen (secondary N) is 2. The Labute approximate surface area is 97.2 Å². The number of H-pyrrole nitrogens is 2. The fourth-order valence-electron chi connectivity index (χ4n) is 1.76. The van der Waals surface area contributed by atoms with E-state index in [1.165, 1.54) is 0 Å². The summed E-state index contributed by atoms with van der Waals surface area (Å²) in [7, 11) is 0. The van der Waals surface area contributed by atoms with Crippen molar-refractivity contribution in [2.45, 2.75) is 0 Å². The highest BCUT2D eigenvalue weighted by Crippen LogP contribution is 2.22. The molecule has 1 aromatic carbocycles. The van der Waals surface area contributed by atoms with Crippen molar-refractivity contribution in [3.8, 4) is 11.1 Å². The number of aromatic nitrogens is 3. The summed E-state index contributed by atoms with van der Waals surface area (Å²) in [6.45, 7) is 0. The molecule has 0 amide bonds. The van der Waals surface area contributed by atoms with Gasteiger partial charge in [-0.05, 0) is 47.6 Å². The smallest absolute Gasteiger partial charge is 0.175 e. The van der Waals surface area contributed by atoms with Gasteiger partial charge in [0.2, 0.25) is 0 Å². The first-order chi connectivity index (χ1) is 7.83. The lowest BCUT2D eigenvalue weighted by atomic mass is 10.1. The largest absolute Gasteiger partial charge is 0.331 e. The summed E-state index contributed by atoms with van der Waals surface area (Å²) in [4.78, 5) is 10.2. The Balaban J connectivity index is 2.22. The van der Waals surface area contributed by atoms with Crippen LogP contribution in [0.3, 0.4) is 0 Å². The number of hydrogen-bond donors (Lipinski definition) is 2. The Bertz CT molecular complexity index is 682. The fourth-order valence-corrected chi connectivity index (χ4v) is 1.98. The molecule has 3 aromatic rings. The highest BCUT2D eigenvalue weighted by atomic mass is 32.1. The number of imidazole rings is 1. The molecule has 16 heavy (non-hydrogen) atoms. The molecular formula is C12H9N3S. The molecule has 0 aliphatic heterocycles. The fraction of sp³-hybridized carbons (Fsp3) is 0. The highest BCUT2D eigenvalue weighted by molar-refractivity contribution is 7.71. The monoisotopic (exact) mass is 227 g/mol. The third-order valence-corrected chi connectivity index (χ3v) is 2.73. The van der Waals surface area contributed by atoms with E-state index in [0.717, 1.165) is 22.2 Å². The maximum Gasteiger partial charge on any atom is 0.175 e. The van der Waals surface area contributed by atoms with E-state index in [0.29, 0.717) is 4.77 Å². The molecule has 0 aliphatic rings. The first-order valence-corrected chi connectivity index (χ1v) is 5.36. The molecule has 0 aliphatic carbocycles. The van der Waals surface area contributed by atoms with Gasteiger partial charge in [-0.3, -0.25) is 4.98 Å². The molecule has 3 rings (SSSR count). The van der Waals surface area contributed by atoms with Crippen molar-refractivity contribution in [2.24, 2.45) is 0 Å². The number of hydrogen-bond acceptors (Lipinski definition) is 2. The summed E-state index contributed by atoms with van der Waals surface area (Å²) in [5.74, 6) is 0. The van der Waals surface area contributed by atoms with Crippen molar-refractivity contribution in [3.05, 3.63) is 47.5 Å². The lowest BCUT2D eigenvalue weighted by Gasteiger charge is -2.00. The van der Waals surface area contributed by atoms with Crippen LogP contribution in [0.2, 0.25) is 0 Å². The van der Waals surface area contributed by atoms with Crippen molar-refractivity contribution in [1.82, 2.24) is 15.0 Å². The molecule has 0 bridgehead atoms. The topological polar surface area (TPSA) is 44.5 Å². The standard InChI is InChI=1S/C12H9N3S/c16-12-14-10-2-1-9(7-11(10)15-12)8-3-5-13-6-4-8/h1-7H,(H2,14,15,16). The second-order valence-electron chi connectivity index (χ2n) is 3.58.